The first-order valence-corrected chi connectivity index (χ1v) is 8.47. The Bertz CT molecular complexity index is 940. The fraction of sp³-hybridized carbons (Fsp3) is 0.111. The Morgan fingerprint density at radius 2 is 1.84 bits per heavy atom. The summed E-state index contributed by atoms with van der Waals surface area (Å²) in [7, 11) is 1.62. The van der Waals surface area contributed by atoms with E-state index >= 15 is 0 Å². The number of nitrogens with one attached hydrogen (secondary N) is 1. The molecule has 0 radical (unpaired) electrons. The molecular weight excluding hydrogens is 336 g/mol. The molecule has 3 aromatic rings. The highest BCUT2D eigenvalue weighted by molar-refractivity contribution is 7.07. The Kier molecular flexibility index (Phi) is 4.85. The van der Waals surface area contributed by atoms with E-state index in [0.717, 1.165) is 28.3 Å². The molecular formula is C18H18N4O2S. The number of primary amides is 1. The molecule has 0 aliphatic rings. The van der Waals surface area contributed by atoms with Crippen molar-refractivity contribution in [2.75, 3.05) is 12.5 Å². The maximum Gasteiger partial charge on any atom is 0.331 e. The zero-order chi connectivity index (χ0) is 17.8. The number of thiazole rings is 1. The first-order chi connectivity index (χ1) is 12.1. The van der Waals surface area contributed by atoms with Gasteiger partial charge < -0.3 is 10.5 Å². The fourth-order valence-electron chi connectivity index (χ4n) is 2.30. The summed E-state index contributed by atoms with van der Waals surface area (Å²) in [6, 6.07) is 14.7. The van der Waals surface area contributed by atoms with Crippen molar-refractivity contribution in [1.29, 1.82) is 0 Å². The number of carbonyl (C=O) groups is 1. The molecule has 0 bridgehead atoms. The largest absolute Gasteiger partial charge is 0.497 e. The first-order valence-electron chi connectivity index (χ1n) is 7.59. The number of aryl methyl sites for hydroxylation is 1. The molecule has 6 nitrogen and oxygen atoms in total. The maximum absolute atomic E-state index is 11.4. The van der Waals surface area contributed by atoms with Gasteiger partial charge in [0.1, 0.15) is 5.75 Å². The Morgan fingerprint density at radius 1 is 1.16 bits per heavy atom. The average molecular weight is 354 g/mol. The third kappa shape index (κ3) is 3.89. The van der Waals surface area contributed by atoms with E-state index in [0.29, 0.717) is 4.80 Å². The lowest BCUT2D eigenvalue weighted by molar-refractivity contribution is 0.257. The van der Waals surface area contributed by atoms with Gasteiger partial charge >= 0.3 is 6.03 Å². The normalized spacial score (nSPS) is 11.4. The number of ether oxygens (including phenoxy) is 1. The van der Waals surface area contributed by atoms with Gasteiger partial charge in [0, 0.05) is 10.9 Å². The van der Waals surface area contributed by atoms with Gasteiger partial charge in [-0.3, -0.25) is 0 Å². The van der Waals surface area contributed by atoms with Crippen molar-refractivity contribution in [2.45, 2.75) is 6.92 Å². The molecule has 1 aromatic heterocycles. The molecule has 3 N–H and O–H groups in total. The number of rotatable bonds is 4. The van der Waals surface area contributed by atoms with E-state index < -0.39 is 6.03 Å². The lowest BCUT2D eigenvalue weighted by Crippen LogP contribution is -2.34. The van der Waals surface area contributed by atoms with Crippen LogP contribution in [0.5, 0.6) is 5.75 Å². The van der Waals surface area contributed by atoms with Gasteiger partial charge in [0.2, 0.25) is 4.80 Å². The van der Waals surface area contributed by atoms with Crippen molar-refractivity contribution >= 4 is 23.1 Å². The number of amides is 2. The average Bonchev–Trinajstić information content (AvgIpc) is 2.99. The number of carbonyl (C=O) groups excluding carboxylic acids is 1. The summed E-state index contributed by atoms with van der Waals surface area (Å²) in [5.41, 5.74) is 11.6. The van der Waals surface area contributed by atoms with Gasteiger partial charge in [0.25, 0.3) is 0 Å². The van der Waals surface area contributed by atoms with Gasteiger partial charge in [-0.25, -0.2) is 19.9 Å². The molecule has 0 spiro atoms. The molecule has 0 aliphatic carbocycles. The number of nitrogens with two attached hydrogens (primary N) is 1. The minimum absolute atomic E-state index is 0.619. The van der Waals surface area contributed by atoms with Crippen molar-refractivity contribution in [3.63, 3.8) is 0 Å². The van der Waals surface area contributed by atoms with E-state index in [-0.39, 0.29) is 0 Å². The number of hydrogen-bond donors (Lipinski definition) is 2. The standard InChI is InChI=1S/C18H18N4O2S/c1-12-3-7-14(8-4-12)20-18-22(21-17(19)23)16(11-25-18)13-5-9-15(24-2)10-6-13/h3-11H,1-2H3,(H3,19,21,23). The van der Waals surface area contributed by atoms with Crippen LogP contribution in [-0.4, -0.2) is 17.8 Å². The molecule has 3 rings (SSSR count). The predicted octanol–water partition coefficient (Wildman–Crippen LogP) is 3.39. The summed E-state index contributed by atoms with van der Waals surface area (Å²) < 4.78 is 6.77. The summed E-state index contributed by atoms with van der Waals surface area (Å²) in [6.07, 6.45) is 0. The van der Waals surface area contributed by atoms with Crippen molar-refractivity contribution < 1.29 is 9.53 Å². The number of methoxy groups -OCH3 is 1. The van der Waals surface area contributed by atoms with Crippen LogP contribution in [0.2, 0.25) is 0 Å². The molecule has 1 heterocycles. The third-order valence-electron chi connectivity index (χ3n) is 3.57. The van der Waals surface area contributed by atoms with Crippen molar-refractivity contribution in [2.24, 2.45) is 10.7 Å². The second-order valence-corrected chi connectivity index (χ2v) is 6.23. The number of urea groups is 1. The van der Waals surface area contributed by atoms with E-state index in [1.165, 1.54) is 11.3 Å². The molecule has 0 unspecified atom stereocenters. The summed E-state index contributed by atoms with van der Waals surface area (Å²) in [5.74, 6) is 0.762. The third-order valence-corrected chi connectivity index (χ3v) is 4.40. The Morgan fingerprint density at radius 3 is 2.44 bits per heavy atom. The second-order valence-electron chi connectivity index (χ2n) is 5.39. The zero-order valence-corrected chi connectivity index (χ0v) is 14.7. The minimum Gasteiger partial charge on any atom is -0.497 e. The van der Waals surface area contributed by atoms with Crippen LogP contribution in [0, 0.1) is 6.92 Å². The summed E-state index contributed by atoms with van der Waals surface area (Å²) in [4.78, 5) is 16.7. The summed E-state index contributed by atoms with van der Waals surface area (Å²) in [6.45, 7) is 2.02. The summed E-state index contributed by atoms with van der Waals surface area (Å²) in [5, 5.41) is 1.92. The molecule has 0 fully saturated rings. The molecule has 0 saturated carbocycles. The quantitative estimate of drug-likeness (QED) is 0.753. The van der Waals surface area contributed by atoms with Crippen molar-refractivity contribution in [3.05, 3.63) is 64.3 Å². The van der Waals surface area contributed by atoms with E-state index in [1.54, 1.807) is 11.8 Å². The lowest BCUT2D eigenvalue weighted by atomic mass is 10.2. The van der Waals surface area contributed by atoms with Crippen LogP contribution >= 0.6 is 11.3 Å². The topological polar surface area (TPSA) is 81.6 Å². The van der Waals surface area contributed by atoms with Gasteiger partial charge in [-0.15, -0.1) is 11.3 Å². The molecule has 0 atom stereocenters. The Balaban J connectivity index is 2.08. The van der Waals surface area contributed by atoms with Crippen LogP contribution in [0.1, 0.15) is 5.56 Å². The highest BCUT2D eigenvalue weighted by Crippen LogP contribution is 2.23. The molecule has 0 saturated heterocycles. The molecule has 128 valence electrons. The predicted molar refractivity (Wildman–Crippen MR) is 99.6 cm³/mol. The molecule has 2 amide bonds. The van der Waals surface area contributed by atoms with Crippen LogP contribution in [0.25, 0.3) is 11.3 Å². The van der Waals surface area contributed by atoms with E-state index in [1.807, 2.05) is 60.8 Å². The van der Waals surface area contributed by atoms with Crippen LogP contribution in [0.15, 0.2) is 58.9 Å². The number of benzene rings is 2. The highest BCUT2D eigenvalue weighted by Gasteiger charge is 2.10. The second kappa shape index (κ2) is 7.23. The van der Waals surface area contributed by atoms with Gasteiger partial charge in [0.05, 0.1) is 18.5 Å². The van der Waals surface area contributed by atoms with E-state index in [4.69, 9.17) is 10.5 Å². The summed E-state index contributed by atoms with van der Waals surface area (Å²) >= 11 is 1.42. The number of hydrogen-bond acceptors (Lipinski definition) is 4. The SMILES string of the molecule is COc1ccc(-c2csc(=Nc3ccc(C)cc3)n2NC(N)=O)cc1. The van der Waals surface area contributed by atoms with Crippen LogP contribution < -0.4 is 20.7 Å². The van der Waals surface area contributed by atoms with Gasteiger partial charge in [-0.1, -0.05) is 17.7 Å². The van der Waals surface area contributed by atoms with Crippen LogP contribution in [-0.2, 0) is 0 Å². The van der Waals surface area contributed by atoms with Crippen LogP contribution in [0.4, 0.5) is 10.5 Å². The Hall–Kier alpha value is -3.06. The molecule has 0 aliphatic heterocycles. The Labute approximate surface area is 149 Å². The zero-order valence-electron chi connectivity index (χ0n) is 13.9. The smallest absolute Gasteiger partial charge is 0.331 e. The first kappa shape index (κ1) is 16.8. The highest BCUT2D eigenvalue weighted by atomic mass is 32.1. The number of nitrogens with zero attached hydrogens (tertiary/aromatic N) is 2. The number of aromatic nitrogens is 1. The van der Waals surface area contributed by atoms with Gasteiger partial charge in [-0.05, 0) is 43.3 Å². The van der Waals surface area contributed by atoms with Gasteiger partial charge in [0.15, 0.2) is 0 Å². The minimum atomic E-state index is -0.654. The van der Waals surface area contributed by atoms with E-state index in [9.17, 15) is 4.79 Å². The lowest BCUT2D eigenvalue weighted by Gasteiger charge is -2.09. The van der Waals surface area contributed by atoms with Crippen molar-refractivity contribution in [3.8, 4) is 17.0 Å². The molecule has 2 aromatic carbocycles. The van der Waals surface area contributed by atoms with Crippen LogP contribution in [0.3, 0.4) is 0 Å². The van der Waals surface area contributed by atoms with Crippen molar-refractivity contribution in [1.82, 2.24) is 4.68 Å². The fourth-order valence-corrected chi connectivity index (χ4v) is 3.17. The molecule has 25 heavy (non-hydrogen) atoms. The van der Waals surface area contributed by atoms with Gasteiger partial charge in [-0.2, -0.15) is 0 Å². The molecule has 7 heteroatoms. The monoisotopic (exact) mass is 354 g/mol. The van der Waals surface area contributed by atoms with E-state index in [2.05, 4.69) is 10.4 Å². The maximum atomic E-state index is 11.4.